The fourth-order valence-corrected chi connectivity index (χ4v) is 13.8. The van der Waals surface area contributed by atoms with E-state index in [-0.39, 0.29) is 25.7 Å². The minimum absolute atomic E-state index is 0.106. The summed E-state index contributed by atoms with van der Waals surface area (Å²) in [7, 11) is -9.92. The standard InChI is InChI=1S/C80H156O17P2/c1-9-73(8)59-51-43-34-28-22-16-10-11-17-24-30-36-46-54-62-79(84)96-75(66-90-77(82)60-52-44-35-29-23-18-12-14-20-26-32-40-48-56-70(2)3)68-94-98(86,87)92-64-74(81)65-93-99(88,89)95-69-76(67-91-78(83)61-53-45-39-38-42-50-58-72(6)7)97-80(85)63-55-47-37-31-25-19-13-15-21-27-33-41-49-57-71(4)5/h70-76,81H,9-69H2,1-8H3,(H,86,87)(H,88,89)/t73?,74-,75-,76-/m1/s1. The van der Waals surface area contributed by atoms with Gasteiger partial charge in [-0.1, -0.05) is 357 Å². The number of rotatable bonds is 77. The molecule has 0 bridgehead atoms. The van der Waals surface area contributed by atoms with Crippen molar-refractivity contribution in [3.63, 3.8) is 0 Å². The first-order valence-corrected chi connectivity index (χ1v) is 44.2. The zero-order chi connectivity index (χ0) is 73.1. The molecule has 0 saturated heterocycles. The summed E-state index contributed by atoms with van der Waals surface area (Å²) in [5.74, 6) is 0.986. The fourth-order valence-electron chi connectivity index (χ4n) is 12.2. The highest BCUT2D eigenvalue weighted by atomic mass is 31.2. The zero-order valence-electron chi connectivity index (χ0n) is 65.1. The van der Waals surface area contributed by atoms with Gasteiger partial charge in [-0.2, -0.15) is 0 Å². The van der Waals surface area contributed by atoms with E-state index in [1.54, 1.807) is 0 Å². The molecule has 3 N–H and O–H groups in total. The Bertz CT molecular complexity index is 1940. The van der Waals surface area contributed by atoms with Gasteiger partial charge in [0.15, 0.2) is 12.2 Å². The first-order chi connectivity index (χ1) is 47.6. The first kappa shape index (κ1) is 97.1. The van der Waals surface area contributed by atoms with Crippen LogP contribution in [0.1, 0.15) is 409 Å². The lowest BCUT2D eigenvalue weighted by molar-refractivity contribution is -0.161. The SMILES string of the molecule is CCC(C)CCCCCCCCCCCCCCCCC(=O)O[C@H](COC(=O)CCCCCCCCCCCCCCCC(C)C)COP(=O)(O)OC[C@@H](O)COP(=O)(O)OC[C@@H](COC(=O)CCCCCCCCC(C)C)OC(=O)CCCCCCCCCCCCCCCC(C)C. The lowest BCUT2D eigenvalue weighted by Crippen LogP contribution is -2.30. The number of hydrogen-bond acceptors (Lipinski definition) is 15. The van der Waals surface area contributed by atoms with Crippen LogP contribution < -0.4 is 0 Å². The fraction of sp³-hybridized carbons (Fsp3) is 0.950. The minimum Gasteiger partial charge on any atom is -0.462 e. The average molecular weight is 1450 g/mol. The number of aliphatic hydroxyl groups excluding tert-OH is 1. The van der Waals surface area contributed by atoms with Gasteiger partial charge in [0, 0.05) is 25.7 Å². The van der Waals surface area contributed by atoms with Gasteiger partial charge in [-0.15, -0.1) is 0 Å². The molecule has 3 unspecified atom stereocenters. The summed E-state index contributed by atoms with van der Waals surface area (Å²) >= 11 is 0. The zero-order valence-corrected chi connectivity index (χ0v) is 66.9. The van der Waals surface area contributed by atoms with Crippen LogP contribution in [0.25, 0.3) is 0 Å². The first-order valence-electron chi connectivity index (χ1n) is 41.2. The van der Waals surface area contributed by atoms with Crippen molar-refractivity contribution in [2.45, 2.75) is 427 Å². The number of phosphoric acid groups is 2. The molecule has 0 aromatic rings. The number of ether oxygens (including phenoxy) is 4. The lowest BCUT2D eigenvalue weighted by Gasteiger charge is -2.21. The third-order valence-electron chi connectivity index (χ3n) is 18.9. The summed E-state index contributed by atoms with van der Waals surface area (Å²) in [6, 6.07) is 0. The van der Waals surface area contributed by atoms with Crippen molar-refractivity contribution < 1.29 is 80.2 Å². The number of hydrogen-bond donors (Lipinski definition) is 3. The lowest BCUT2D eigenvalue weighted by atomic mass is 9.99. The maximum atomic E-state index is 13.1. The molecule has 0 aromatic carbocycles. The molecule has 19 heteroatoms. The number of carbonyl (C=O) groups is 4. The maximum Gasteiger partial charge on any atom is 0.472 e. The summed E-state index contributed by atoms with van der Waals surface area (Å²) < 4.78 is 68.7. The van der Waals surface area contributed by atoms with Crippen LogP contribution in [-0.4, -0.2) is 96.7 Å². The molecule has 0 aliphatic rings. The molecule has 6 atom stereocenters. The van der Waals surface area contributed by atoms with Gasteiger partial charge in [0.2, 0.25) is 0 Å². The molecule has 0 radical (unpaired) electrons. The minimum atomic E-state index is -4.96. The molecule has 0 heterocycles. The maximum absolute atomic E-state index is 13.1. The van der Waals surface area contributed by atoms with E-state index < -0.39 is 97.5 Å². The third-order valence-corrected chi connectivity index (χ3v) is 20.8. The van der Waals surface area contributed by atoms with Crippen LogP contribution in [0, 0.1) is 23.7 Å². The van der Waals surface area contributed by atoms with Gasteiger partial charge in [-0.25, -0.2) is 9.13 Å². The summed E-state index contributed by atoms with van der Waals surface area (Å²) in [6.07, 6.45) is 55.5. The van der Waals surface area contributed by atoms with E-state index in [1.807, 2.05) is 0 Å². The molecule has 17 nitrogen and oxygen atoms in total. The van der Waals surface area contributed by atoms with Crippen LogP contribution in [-0.2, 0) is 65.4 Å². The van der Waals surface area contributed by atoms with E-state index in [1.165, 1.54) is 205 Å². The van der Waals surface area contributed by atoms with Crippen molar-refractivity contribution in [1.29, 1.82) is 0 Å². The van der Waals surface area contributed by atoms with Crippen LogP contribution in [0.2, 0.25) is 0 Å². The third kappa shape index (κ3) is 72.8. The van der Waals surface area contributed by atoms with Gasteiger partial charge < -0.3 is 33.8 Å². The van der Waals surface area contributed by atoms with Crippen LogP contribution in [0.15, 0.2) is 0 Å². The molecule has 0 amide bonds. The predicted molar refractivity (Wildman–Crippen MR) is 404 cm³/mol. The topological polar surface area (TPSA) is 237 Å². The van der Waals surface area contributed by atoms with Gasteiger partial charge in [0.25, 0.3) is 0 Å². The molecule has 0 fully saturated rings. The van der Waals surface area contributed by atoms with Crippen LogP contribution >= 0.6 is 15.6 Å². The van der Waals surface area contributed by atoms with E-state index in [0.717, 1.165) is 114 Å². The monoisotopic (exact) mass is 1450 g/mol. The van der Waals surface area contributed by atoms with Crippen LogP contribution in [0.3, 0.4) is 0 Å². The molecule has 0 saturated carbocycles. The van der Waals surface area contributed by atoms with Crippen molar-refractivity contribution in [3.8, 4) is 0 Å². The molecule has 0 aliphatic carbocycles. The highest BCUT2D eigenvalue weighted by Crippen LogP contribution is 2.45. The van der Waals surface area contributed by atoms with Gasteiger partial charge in [0.1, 0.15) is 19.3 Å². The van der Waals surface area contributed by atoms with Crippen molar-refractivity contribution in [2.75, 3.05) is 39.6 Å². The predicted octanol–water partition coefficient (Wildman–Crippen LogP) is 23.6. The Hall–Kier alpha value is -1.94. The number of carbonyl (C=O) groups excluding carboxylic acids is 4. The highest BCUT2D eigenvalue weighted by Gasteiger charge is 2.30. The van der Waals surface area contributed by atoms with E-state index >= 15 is 0 Å². The molecule has 0 spiro atoms. The largest absolute Gasteiger partial charge is 0.472 e. The molecule has 588 valence electrons. The Morgan fingerprint density at radius 1 is 0.283 bits per heavy atom. The molecular weight excluding hydrogens is 1290 g/mol. The van der Waals surface area contributed by atoms with Crippen LogP contribution in [0.4, 0.5) is 0 Å². The summed E-state index contributed by atoms with van der Waals surface area (Å²) in [5.41, 5.74) is 0. The summed E-state index contributed by atoms with van der Waals surface area (Å²) in [4.78, 5) is 73.0. The van der Waals surface area contributed by atoms with Crippen molar-refractivity contribution in [1.82, 2.24) is 0 Å². The van der Waals surface area contributed by atoms with E-state index in [4.69, 9.17) is 37.0 Å². The van der Waals surface area contributed by atoms with Gasteiger partial charge >= 0.3 is 39.5 Å². The number of phosphoric ester groups is 2. The van der Waals surface area contributed by atoms with Gasteiger partial charge in [-0.05, 0) is 49.4 Å². The van der Waals surface area contributed by atoms with E-state index in [9.17, 15) is 43.2 Å². The van der Waals surface area contributed by atoms with Gasteiger partial charge in [0.05, 0.1) is 26.4 Å². The molecule has 0 rings (SSSR count). The molecule has 99 heavy (non-hydrogen) atoms. The average Bonchev–Trinajstić information content (AvgIpc) is 0.971. The molecular formula is C80H156O17P2. The van der Waals surface area contributed by atoms with Gasteiger partial charge in [-0.3, -0.25) is 37.3 Å². The Kier molecular flexibility index (Phi) is 67.8. The van der Waals surface area contributed by atoms with Crippen LogP contribution in [0.5, 0.6) is 0 Å². The second-order valence-corrected chi connectivity index (χ2v) is 33.4. The normalized spacial score (nSPS) is 14.3. The quantitative estimate of drug-likeness (QED) is 0.0222. The van der Waals surface area contributed by atoms with E-state index in [0.29, 0.717) is 31.6 Å². The Morgan fingerprint density at radius 3 is 0.717 bits per heavy atom. The summed E-state index contributed by atoms with van der Waals surface area (Å²) in [5, 5.41) is 10.6. The highest BCUT2D eigenvalue weighted by molar-refractivity contribution is 7.47. The smallest absolute Gasteiger partial charge is 0.462 e. The number of unbranched alkanes of at least 4 members (excludes halogenated alkanes) is 42. The number of esters is 4. The second kappa shape index (κ2) is 69.1. The second-order valence-electron chi connectivity index (χ2n) is 30.5. The Balaban J connectivity index is 5.24. The summed E-state index contributed by atoms with van der Waals surface area (Å²) in [6.45, 7) is 14.2. The molecule has 0 aliphatic heterocycles. The molecule has 0 aromatic heterocycles. The number of aliphatic hydroxyl groups is 1. The van der Waals surface area contributed by atoms with Crippen molar-refractivity contribution in [3.05, 3.63) is 0 Å². The Morgan fingerprint density at radius 2 is 0.485 bits per heavy atom. The van der Waals surface area contributed by atoms with E-state index in [2.05, 4.69) is 55.4 Å². The van der Waals surface area contributed by atoms with Crippen molar-refractivity contribution >= 4 is 39.5 Å². The van der Waals surface area contributed by atoms with Crippen molar-refractivity contribution in [2.24, 2.45) is 23.7 Å². The Labute approximate surface area is 607 Å².